The van der Waals surface area contributed by atoms with Crippen LogP contribution in [0.5, 0.6) is 0 Å². The number of hydrogen-bond acceptors (Lipinski definition) is 1. The standard InChI is InChI=1S/C15H7BrINO/c16-7-1-3-9-11(5-7)15(19)13-10-4-2-8(17)6-12(10)18-14(9)13/h1-6,18H. The average molecular weight is 424 g/mol. The number of fused-ring (bicyclic) bond motifs is 5. The first-order chi connectivity index (χ1) is 9.15. The number of ketones is 1. The largest absolute Gasteiger partial charge is 0.354 e. The minimum absolute atomic E-state index is 0.110. The number of rotatable bonds is 0. The monoisotopic (exact) mass is 423 g/mol. The fraction of sp³-hybridized carbons (Fsp3) is 0. The number of carbonyl (C=O) groups is 1. The van der Waals surface area contributed by atoms with Gasteiger partial charge in [-0.25, -0.2) is 0 Å². The van der Waals surface area contributed by atoms with Gasteiger partial charge >= 0.3 is 0 Å². The third-order valence-corrected chi connectivity index (χ3v) is 4.65. The van der Waals surface area contributed by atoms with Gasteiger partial charge in [0.05, 0.1) is 11.3 Å². The molecule has 0 radical (unpaired) electrons. The molecule has 19 heavy (non-hydrogen) atoms. The second-order valence-electron chi connectivity index (χ2n) is 4.58. The summed E-state index contributed by atoms with van der Waals surface area (Å²) in [6.07, 6.45) is 0. The maximum atomic E-state index is 12.6. The van der Waals surface area contributed by atoms with E-state index in [1.54, 1.807) is 0 Å². The summed E-state index contributed by atoms with van der Waals surface area (Å²) in [7, 11) is 0. The van der Waals surface area contributed by atoms with Crippen LogP contribution in [-0.2, 0) is 0 Å². The quantitative estimate of drug-likeness (QED) is 0.407. The highest BCUT2D eigenvalue weighted by atomic mass is 127. The Morgan fingerprint density at radius 3 is 2.74 bits per heavy atom. The van der Waals surface area contributed by atoms with Gasteiger partial charge < -0.3 is 4.98 Å². The van der Waals surface area contributed by atoms with Crippen LogP contribution in [0, 0.1) is 3.57 Å². The lowest BCUT2D eigenvalue weighted by Gasteiger charge is -2.00. The molecule has 0 unspecified atom stereocenters. The van der Waals surface area contributed by atoms with E-state index in [1.165, 1.54) is 0 Å². The molecule has 0 spiro atoms. The lowest BCUT2D eigenvalue weighted by Crippen LogP contribution is -1.95. The van der Waals surface area contributed by atoms with Crippen molar-refractivity contribution in [3.8, 4) is 11.3 Å². The molecule has 0 saturated carbocycles. The Morgan fingerprint density at radius 1 is 1.05 bits per heavy atom. The van der Waals surface area contributed by atoms with E-state index < -0.39 is 0 Å². The number of H-pyrrole nitrogens is 1. The number of aromatic amines is 1. The van der Waals surface area contributed by atoms with E-state index in [0.717, 1.165) is 41.3 Å². The molecule has 1 N–H and O–H groups in total. The molecule has 3 aromatic rings. The van der Waals surface area contributed by atoms with Gasteiger partial charge in [0.25, 0.3) is 0 Å². The SMILES string of the molecule is O=C1c2cc(Br)ccc2-c2[nH]c3cc(I)ccc3c21. The molecule has 0 fully saturated rings. The summed E-state index contributed by atoms with van der Waals surface area (Å²) in [6.45, 7) is 0. The Hall–Kier alpha value is -1.14. The maximum Gasteiger partial charge on any atom is 0.196 e. The minimum atomic E-state index is 0.110. The highest BCUT2D eigenvalue weighted by Crippen LogP contribution is 2.41. The molecule has 92 valence electrons. The molecule has 1 aliphatic rings. The van der Waals surface area contributed by atoms with Crippen LogP contribution in [0.3, 0.4) is 0 Å². The number of halogens is 2. The molecule has 2 aromatic carbocycles. The zero-order valence-electron chi connectivity index (χ0n) is 9.63. The van der Waals surface area contributed by atoms with Crippen LogP contribution in [0.25, 0.3) is 22.2 Å². The number of benzene rings is 2. The zero-order valence-corrected chi connectivity index (χ0v) is 13.4. The molecule has 0 saturated heterocycles. The topological polar surface area (TPSA) is 32.9 Å². The highest BCUT2D eigenvalue weighted by molar-refractivity contribution is 14.1. The van der Waals surface area contributed by atoms with Gasteiger partial charge in [-0.3, -0.25) is 4.79 Å². The van der Waals surface area contributed by atoms with Crippen molar-refractivity contribution >= 4 is 55.2 Å². The first-order valence-corrected chi connectivity index (χ1v) is 7.68. The van der Waals surface area contributed by atoms with E-state index in [2.05, 4.69) is 49.6 Å². The molecule has 4 rings (SSSR count). The lowest BCUT2D eigenvalue weighted by molar-refractivity contribution is 0.104. The first-order valence-electron chi connectivity index (χ1n) is 5.81. The summed E-state index contributed by atoms with van der Waals surface area (Å²) in [6, 6.07) is 12.0. The normalized spacial score (nSPS) is 12.8. The molecule has 0 amide bonds. The predicted molar refractivity (Wildman–Crippen MR) is 87.6 cm³/mol. The summed E-state index contributed by atoms with van der Waals surface area (Å²) >= 11 is 5.70. The Kier molecular flexibility index (Phi) is 2.41. The van der Waals surface area contributed by atoms with E-state index in [4.69, 9.17) is 0 Å². The van der Waals surface area contributed by atoms with Crippen molar-refractivity contribution in [2.45, 2.75) is 0 Å². The van der Waals surface area contributed by atoms with E-state index in [0.29, 0.717) is 0 Å². The molecular formula is C15H7BrINO. The predicted octanol–water partition coefficient (Wildman–Crippen LogP) is 4.75. The molecular weight excluding hydrogens is 417 g/mol. The van der Waals surface area contributed by atoms with Gasteiger partial charge in [-0.1, -0.05) is 28.1 Å². The highest BCUT2D eigenvalue weighted by Gasteiger charge is 2.30. The van der Waals surface area contributed by atoms with Gasteiger partial charge in [-0.05, 0) is 46.9 Å². The van der Waals surface area contributed by atoms with Crippen molar-refractivity contribution in [2.24, 2.45) is 0 Å². The molecule has 0 atom stereocenters. The Balaban J connectivity index is 2.11. The average Bonchev–Trinajstić information content (AvgIpc) is 2.86. The van der Waals surface area contributed by atoms with Gasteiger partial charge in [0.2, 0.25) is 0 Å². The van der Waals surface area contributed by atoms with E-state index in [-0.39, 0.29) is 5.78 Å². The van der Waals surface area contributed by atoms with Gasteiger partial charge in [-0.2, -0.15) is 0 Å². The van der Waals surface area contributed by atoms with Crippen molar-refractivity contribution in [2.75, 3.05) is 0 Å². The summed E-state index contributed by atoms with van der Waals surface area (Å²) in [4.78, 5) is 15.9. The van der Waals surface area contributed by atoms with Crippen LogP contribution in [0.15, 0.2) is 40.9 Å². The molecule has 1 aliphatic carbocycles. The van der Waals surface area contributed by atoms with E-state index in [9.17, 15) is 4.79 Å². The van der Waals surface area contributed by atoms with E-state index >= 15 is 0 Å². The minimum Gasteiger partial charge on any atom is -0.354 e. The van der Waals surface area contributed by atoms with Crippen molar-refractivity contribution in [1.29, 1.82) is 0 Å². The summed E-state index contributed by atoms with van der Waals surface area (Å²) in [5.41, 5.74) is 4.55. The number of hydrogen-bond donors (Lipinski definition) is 1. The molecule has 0 aliphatic heterocycles. The molecule has 4 heteroatoms. The fourth-order valence-electron chi connectivity index (χ4n) is 2.66. The van der Waals surface area contributed by atoms with Crippen molar-refractivity contribution in [1.82, 2.24) is 4.98 Å². The molecule has 1 aromatic heterocycles. The maximum absolute atomic E-state index is 12.6. The number of nitrogens with one attached hydrogen (secondary N) is 1. The Labute approximate surface area is 131 Å². The molecule has 2 nitrogen and oxygen atoms in total. The second kappa shape index (κ2) is 3.93. The van der Waals surface area contributed by atoms with Crippen LogP contribution in [-0.4, -0.2) is 10.8 Å². The van der Waals surface area contributed by atoms with Gasteiger partial charge in [-0.15, -0.1) is 0 Å². The van der Waals surface area contributed by atoms with E-state index in [1.807, 2.05) is 30.3 Å². The van der Waals surface area contributed by atoms with Gasteiger partial charge in [0.15, 0.2) is 5.78 Å². The van der Waals surface area contributed by atoms with Crippen molar-refractivity contribution < 1.29 is 4.79 Å². The second-order valence-corrected chi connectivity index (χ2v) is 6.75. The van der Waals surface area contributed by atoms with Crippen LogP contribution >= 0.6 is 38.5 Å². The van der Waals surface area contributed by atoms with Crippen LogP contribution in [0.4, 0.5) is 0 Å². The zero-order chi connectivity index (χ0) is 13.1. The number of carbonyl (C=O) groups excluding carboxylic acids is 1. The third kappa shape index (κ3) is 1.56. The van der Waals surface area contributed by atoms with Crippen molar-refractivity contribution in [3.05, 3.63) is 55.6 Å². The smallest absolute Gasteiger partial charge is 0.196 e. The third-order valence-electron chi connectivity index (χ3n) is 3.48. The van der Waals surface area contributed by atoms with Crippen LogP contribution in [0.1, 0.15) is 15.9 Å². The van der Waals surface area contributed by atoms with Crippen molar-refractivity contribution in [3.63, 3.8) is 0 Å². The van der Waals surface area contributed by atoms with Gasteiger partial charge in [0, 0.05) is 30.1 Å². The molecule has 0 bridgehead atoms. The number of aromatic nitrogens is 1. The Bertz CT molecular complexity index is 866. The van der Waals surface area contributed by atoms with Crippen LogP contribution in [0.2, 0.25) is 0 Å². The Morgan fingerprint density at radius 2 is 1.89 bits per heavy atom. The fourth-order valence-corrected chi connectivity index (χ4v) is 3.52. The summed E-state index contributed by atoms with van der Waals surface area (Å²) < 4.78 is 2.09. The summed E-state index contributed by atoms with van der Waals surface area (Å²) in [5.74, 6) is 0.110. The van der Waals surface area contributed by atoms with Gasteiger partial charge in [0.1, 0.15) is 0 Å². The first kappa shape index (κ1) is 11.7. The summed E-state index contributed by atoms with van der Waals surface area (Å²) in [5, 5.41) is 1.01. The molecule has 1 heterocycles. The lowest BCUT2D eigenvalue weighted by atomic mass is 10.1. The van der Waals surface area contributed by atoms with Crippen LogP contribution < -0.4 is 0 Å².